The molecule has 0 aliphatic rings. The van der Waals surface area contributed by atoms with E-state index in [4.69, 9.17) is 46.7 Å². The predicted molar refractivity (Wildman–Crippen MR) is 309 cm³/mol. The van der Waals surface area contributed by atoms with Crippen LogP contribution in [0, 0.1) is 10.1 Å². The van der Waals surface area contributed by atoms with Gasteiger partial charge in [-0.25, -0.2) is 45.6 Å². The topological polar surface area (TPSA) is 511 Å². The van der Waals surface area contributed by atoms with Gasteiger partial charge in [0.05, 0.1) is 74.2 Å². The summed E-state index contributed by atoms with van der Waals surface area (Å²) in [5, 5.41) is 32.7. The number of rotatable bonds is 22. The number of carboxylic acid groups (broad SMARTS) is 2. The maximum atomic E-state index is 12.5. The van der Waals surface area contributed by atoms with Gasteiger partial charge in [0, 0.05) is 12.3 Å². The van der Waals surface area contributed by atoms with Crippen LogP contribution in [-0.4, -0.2) is 159 Å². The number of sulfonamides is 2. The highest BCUT2D eigenvalue weighted by molar-refractivity contribution is 7.94. The molecule has 6 aromatic rings. The van der Waals surface area contributed by atoms with Crippen molar-refractivity contribution in [1.82, 2.24) is 39.7 Å². The minimum atomic E-state index is -4.71. The second-order valence-corrected chi connectivity index (χ2v) is 26.3. The number of benzene rings is 3. The van der Waals surface area contributed by atoms with Crippen LogP contribution in [0.25, 0.3) is 0 Å². The van der Waals surface area contributed by atoms with Crippen LogP contribution in [0.1, 0.15) is 17.3 Å². The lowest BCUT2D eigenvalue weighted by atomic mass is 10.2. The lowest BCUT2D eigenvalue weighted by Gasteiger charge is -2.14. The lowest BCUT2D eigenvalue weighted by Crippen LogP contribution is -2.36. The van der Waals surface area contributed by atoms with Crippen molar-refractivity contribution in [3.8, 4) is 35.0 Å². The van der Waals surface area contributed by atoms with Crippen molar-refractivity contribution in [2.24, 2.45) is 0 Å². The number of halogens is 5. The van der Waals surface area contributed by atoms with Gasteiger partial charge in [-0.3, -0.25) is 30.9 Å². The molecule has 4 amide bonds. The Labute approximate surface area is 515 Å². The number of hydrogen-bond acceptors (Lipinski definition) is 26. The number of methoxy groups -OCH3 is 2. The van der Waals surface area contributed by atoms with Crippen molar-refractivity contribution in [2.45, 2.75) is 35.0 Å². The Morgan fingerprint density at radius 3 is 1.67 bits per heavy atom. The van der Waals surface area contributed by atoms with E-state index in [1.54, 1.807) is 34.3 Å². The fraction of sp³-hybridized carbons (Fsp3) is 0.239. The standard InChI is InChI=1S/C14H10F4N4O7S.C14H17N5O7S2.C12H9ClN2O3.C3H8NO5P.C3H9S/c15-11(16)28-8-5-9(29-12(17)18)20-13(19-8)21-14(25)22-30(26,27)7-4-2-1-3-6(7)10(23)24;1-4-27(21,22)9-6-5-7-15-12(9)28(23,24)19-14(20)18-13-16-10(25-2)8-11(17-13)26-3;13-11-10(18-8-4-2-1-3-5-8)7-6-9(12(11)14)15(16)17;5-3(6)1-4-2-10(7,8)9;1-4(2)3/h1-5,11-12H,(H,23,24)(H2,19,20,21,22,25);5-8H,4H2,1-3H3,(H2,16,17,18,19,20);1-7H,14H2;4H,1-2H2,(H,5,6)(H2,7,8,9);1-3H3/q;;;;+1/p-1. The van der Waals surface area contributed by atoms with Crippen LogP contribution in [0.4, 0.5) is 50.4 Å². The van der Waals surface area contributed by atoms with E-state index in [-0.39, 0.29) is 45.6 Å². The molecule has 0 aliphatic heterocycles. The van der Waals surface area contributed by atoms with E-state index in [9.17, 15) is 81.6 Å². The van der Waals surface area contributed by atoms with Gasteiger partial charge in [-0.2, -0.15) is 45.9 Å². The number of carbonyl (C=O) groups excluding carboxylic acids is 2. The van der Waals surface area contributed by atoms with Crippen molar-refractivity contribution in [2.75, 3.05) is 67.9 Å². The second-order valence-electron chi connectivity index (χ2n) is 16.4. The number of alkyl halides is 4. The first-order valence-corrected chi connectivity index (χ1v) is 32.9. The van der Waals surface area contributed by atoms with Crippen molar-refractivity contribution in [3.05, 3.63) is 118 Å². The number of aromatic carboxylic acids is 1. The summed E-state index contributed by atoms with van der Waals surface area (Å²) >= 11 is 5.94. The molecule has 10 N–H and O–H groups in total. The number of urea groups is 2. The molecule has 3 aromatic carbocycles. The zero-order valence-electron chi connectivity index (χ0n) is 46.8. The average molecular weight is 1400 g/mol. The molecular weight excluding hydrogens is 1340 g/mol. The number of pyridine rings is 1. The zero-order chi connectivity index (χ0) is 68.3. The third-order valence-electron chi connectivity index (χ3n) is 9.09. The number of ether oxygens (including phenoxy) is 5. The number of sulfone groups is 1. The summed E-state index contributed by atoms with van der Waals surface area (Å²) < 4.78 is 159. The first kappa shape index (κ1) is 77.1. The Morgan fingerprint density at radius 2 is 1.21 bits per heavy atom. The number of aromatic nitrogens is 5. The van der Waals surface area contributed by atoms with Crippen LogP contribution in [0.3, 0.4) is 0 Å². The van der Waals surface area contributed by atoms with E-state index in [1.165, 1.54) is 62.3 Å². The monoisotopic (exact) mass is 1390 g/mol. The number of nitrogen functional groups attached to an aromatic ring is 1. The third-order valence-corrected chi connectivity index (χ3v) is 14.7. The molecule has 3 heterocycles. The van der Waals surface area contributed by atoms with Crippen LogP contribution in [-0.2, 0) is 50.1 Å². The molecule has 90 heavy (non-hydrogen) atoms. The quantitative estimate of drug-likeness (QED) is 0.0114. The summed E-state index contributed by atoms with van der Waals surface area (Å²) in [6, 6.07) is 17.3. The van der Waals surface area contributed by atoms with Crippen LogP contribution >= 0.6 is 19.2 Å². The third kappa shape index (κ3) is 27.6. The number of para-hydroxylation sites is 1. The first-order chi connectivity index (χ1) is 41.8. The Morgan fingerprint density at radius 1 is 0.744 bits per heavy atom. The summed E-state index contributed by atoms with van der Waals surface area (Å²) in [7, 11) is -14.3. The molecule has 0 bridgehead atoms. The highest BCUT2D eigenvalue weighted by atomic mass is 35.5. The Balaban J connectivity index is 0.000000423. The molecule has 0 aliphatic carbocycles. The minimum Gasteiger partial charge on any atom is -0.778 e. The number of nitro benzene ring substituents is 1. The van der Waals surface area contributed by atoms with Gasteiger partial charge in [-0.05, 0) is 53.4 Å². The van der Waals surface area contributed by atoms with E-state index in [1.807, 2.05) is 11.4 Å². The van der Waals surface area contributed by atoms with E-state index in [2.05, 4.69) is 58.5 Å². The SMILES string of the molecule is CCS(=O)(=O)c1cccnc1S(=O)(=O)NC(=O)Nc1nc(OC)cc(OC)n1.C[S+](C)C.Nc1c([N+](=O)[O-])ccc(Oc2ccccc2)c1Cl.O=C(Nc1nc(OC(F)F)cc(OC(F)F)n1)NS(=O)(=O)c1ccccc1C(=O)O.O=C(O)CNCP(=O)([O-])O. The molecule has 0 saturated heterocycles. The summed E-state index contributed by atoms with van der Waals surface area (Å²) in [4.78, 5) is 89.5. The van der Waals surface area contributed by atoms with Gasteiger partial charge in [0.15, 0.2) is 14.9 Å². The zero-order valence-corrected chi connectivity index (χ0v) is 51.8. The Bertz CT molecular complexity index is 3800. The number of carboxylic acids is 2. The smallest absolute Gasteiger partial charge is 0.388 e. The van der Waals surface area contributed by atoms with Crippen LogP contribution in [0.2, 0.25) is 5.02 Å². The molecule has 0 spiro atoms. The highest BCUT2D eigenvalue weighted by Gasteiger charge is 2.30. The van der Waals surface area contributed by atoms with Crippen molar-refractivity contribution in [3.63, 3.8) is 0 Å². The molecule has 0 radical (unpaired) electrons. The number of nitrogens with one attached hydrogen (secondary N) is 5. The summed E-state index contributed by atoms with van der Waals surface area (Å²) in [6.07, 6.45) is 6.97. The van der Waals surface area contributed by atoms with E-state index < -0.39 is 131 Å². The number of nitrogens with zero attached hydrogens (tertiary/aromatic N) is 6. The van der Waals surface area contributed by atoms with Gasteiger partial charge in [0.1, 0.15) is 39.6 Å². The lowest BCUT2D eigenvalue weighted by molar-refractivity contribution is -0.383. The van der Waals surface area contributed by atoms with Gasteiger partial charge in [0.25, 0.3) is 25.7 Å². The van der Waals surface area contributed by atoms with Gasteiger partial charge in [0.2, 0.25) is 35.4 Å². The largest absolute Gasteiger partial charge is 0.778 e. The number of nitro groups is 1. The van der Waals surface area contributed by atoms with Crippen LogP contribution in [0.15, 0.2) is 112 Å². The van der Waals surface area contributed by atoms with Gasteiger partial charge in [-0.15, -0.1) is 0 Å². The fourth-order valence-electron chi connectivity index (χ4n) is 5.60. The number of aliphatic carboxylic acids is 1. The summed E-state index contributed by atoms with van der Waals surface area (Å²) in [6.45, 7) is -5.94. The van der Waals surface area contributed by atoms with Gasteiger partial charge < -0.3 is 54.0 Å². The summed E-state index contributed by atoms with van der Waals surface area (Å²) in [5.74, 6) is -5.29. The fourth-order valence-corrected chi connectivity index (χ4v) is 9.85. The molecule has 0 saturated carbocycles. The summed E-state index contributed by atoms with van der Waals surface area (Å²) in [5.41, 5.74) is 4.60. The molecule has 1 unspecified atom stereocenters. The molecule has 44 heteroatoms. The molecular formula is C46H52ClF4N12O22PS4. The first-order valence-electron chi connectivity index (χ1n) is 23.7. The van der Waals surface area contributed by atoms with Crippen LogP contribution < -0.4 is 59.7 Å². The molecule has 6 rings (SSSR count). The Kier molecular flexibility index (Phi) is 30.7. The van der Waals surface area contributed by atoms with E-state index in [0.29, 0.717) is 22.7 Å². The molecule has 1 atom stereocenters. The molecule has 0 fully saturated rings. The van der Waals surface area contributed by atoms with Gasteiger partial charge in [-0.1, -0.05) is 48.9 Å². The molecule has 34 nitrogen and oxygen atoms in total. The number of nitrogens with two attached hydrogens (primary N) is 1. The van der Waals surface area contributed by atoms with E-state index in [0.717, 1.165) is 24.4 Å². The van der Waals surface area contributed by atoms with Gasteiger partial charge >= 0.3 is 37.2 Å². The van der Waals surface area contributed by atoms with Crippen molar-refractivity contribution >= 4 is 107 Å². The number of hydrogen-bond donors (Lipinski definition) is 9. The molecule has 3 aromatic heterocycles. The molecule has 492 valence electrons. The van der Waals surface area contributed by atoms with Crippen molar-refractivity contribution < 1.29 is 115 Å². The second kappa shape index (κ2) is 35.8. The minimum absolute atomic E-state index is 0.0352. The van der Waals surface area contributed by atoms with Crippen molar-refractivity contribution in [1.29, 1.82) is 0 Å². The van der Waals surface area contributed by atoms with E-state index >= 15 is 0 Å². The normalized spacial score (nSPS) is 11.6. The number of amides is 4. The Hall–Kier alpha value is -9.03. The maximum absolute atomic E-state index is 12.5. The van der Waals surface area contributed by atoms with Crippen LogP contribution in [0.5, 0.6) is 35.0 Å². The number of anilines is 3. The highest BCUT2D eigenvalue weighted by Crippen LogP contribution is 2.39. The number of carbonyl (C=O) groups is 4. The predicted octanol–water partition coefficient (Wildman–Crippen LogP) is 4.36. The maximum Gasteiger partial charge on any atom is 0.388 e. The average Bonchev–Trinajstić information content (AvgIpc) is 1.41.